The highest BCUT2D eigenvalue weighted by Crippen LogP contribution is 2.20. The Hall–Kier alpha value is -3.88. The fourth-order valence-corrected chi connectivity index (χ4v) is 2.92. The topological polar surface area (TPSA) is 98.7 Å². The van der Waals surface area contributed by atoms with E-state index in [2.05, 4.69) is 25.4 Å². The normalized spacial score (nSPS) is 12.2. The van der Waals surface area contributed by atoms with Crippen molar-refractivity contribution in [3.8, 4) is 17.3 Å². The fourth-order valence-electron chi connectivity index (χ4n) is 2.92. The Kier molecular flexibility index (Phi) is 5.57. The lowest BCUT2D eigenvalue weighted by atomic mass is 10.1. The van der Waals surface area contributed by atoms with Gasteiger partial charge in [-0.25, -0.2) is 14.4 Å². The van der Waals surface area contributed by atoms with Crippen LogP contribution in [0.1, 0.15) is 54.6 Å². The molecule has 0 unspecified atom stereocenters. The van der Waals surface area contributed by atoms with Gasteiger partial charge in [0, 0.05) is 18.3 Å². The second-order valence-corrected chi connectivity index (χ2v) is 7.43. The van der Waals surface area contributed by atoms with E-state index in [-0.39, 0.29) is 29.4 Å². The van der Waals surface area contributed by atoms with Crippen LogP contribution in [0.4, 0.5) is 4.39 Å². The predicted octanol–water partition coefficient (Wildman–Crippen LogP) is 4.07. The lowest BCUT2D eigenvalue weighted by Gasteiger charge is -2.13. The average molecular weight is 420 g/mol. The largest absolute Gasteiger partial charge is 0.344 e. The number of nitrogens with zero attached hydrogens (tertiary/aromatic N) is 5. The second-order valence-electron chi connectivity index (χ2n) is 7.43. The van der Waals surface area contributed by atoms with E-state index in [1.165, 1.54) is 18.5 Å². The zero-order valence-corrected chi connectivity index (χ0v) is 17.3. The van der Waals surface area contributed by atoms with Gasteiger partial charge >= 0.3 is 0 Å². The summed E-state index contributed by atoms with van der Waals surface area (Å²) in [5.74, 6) is 1.15. The van der Waals surface area contributed by atoms with E-state index in [1.807, 2.05) is 26.8 Å². The molecular weight excluding hydrogens is 399 g/mol. The summed E-state index contributed by atoms with van der Waals surface area (Å²) in [6.07, 6.45) is 4.74. The van der Waals surface area contributed by atoms with Crippen LogP contribution < -0.4 is 5.32 Å². The number of benzene rings is 1. The third kappa shape index (κ3) is 4.50. The zero-order chi connectivity index (χ0) is 22.0. The first-order chi connectivity index (χ1) is 14.9. The molecule has 0 radical (unpaired) electrons. The highest BCUT2D eigenvalue weighted by atomic mass is 19.1. The quantitative estimate of drug-likeness (QED) is 0.505. The average Bonchev–Trinajstić information content (AvgIpc) is 3.45. The van der Waals surface area contributed by atoms with Crippen LogP contribution in [-0.2, 0) is 0 Å². The van der Waals surface area contributed by atoms with E-state index >= 15 is 0 Å². The summed E-state index contributed by atoms with van der Waals surface area (Å²) in [5.41, 5.74) is 1.75. The van der Waals surface area contributed by atoms with Gasteiger partial charge in [0.1, 0.15) is 23.7 Å². The maximum absolute atomic E-state index is 13.1. The van der Waals surface area contributed by atoms with Gasteiger partial charge < -0.3 is 9.84 Å². The summed E-state index contributed by atoms with van der Waals surface area (Å²) < 4.78 is 20.0. The Morgan fingerprint density at radius 2 is 1.87 bits per heavy atom. The molecule has 31 heavy (non-hydrogen) atoms. The van der Waals surface area contributed by atoms with Crippen LogP contribution in [-0.4, -0.2) is 30.6 Å². The lowest BCUT2D eigenvalue weighted by molar-refractivity contribution is 0.0935. The van der Waals surface area contributed by atoms with Gasteiger partial charge in [0.15, 0.2) is 5.82 Å². The van der Waals surface area contributed by atoms with Crippen molar-refractivity contribution < 1.29 is 13.7 Å². The van der Waals surface area contributed by atoms with Gasteiger partial charge in [-0.1, -0.05) is 31.1 Å². The number of amides is 1. The molecule has 0 saturated heterocycles. The van der Waals surface area contributed by atoms with Crippen LogP contribution in [0.3, 0.4) is 0 Å². The third-order valence-electron chi connectivity index (χ3n) is 4.75. The van der Waals surface area contributed by atoms with Crippen molar-refractivity contribution in [1.29, 1.82) is 0 Å². The Bertz CT molecular complexity index is 1180. The van der Waals surface area contributed by atoms with Gasteiger partial charge in [-0.05, 0) is 36.8 Å². The first-order valence-corrected chi connectivity index (χ1v) is 9.81. The minimum atomic E-state index is -0.334. The minimum absolute atomic E-state index is 0.172. The predicted molar refractivity (Wildman–Crippen MR) is 111 cm³/mol. The zero-order valence-electron chi connectivity index (χ0n) is 17.3. The van der Waals surface area contributed by atoms with E-state index in [0.717, 1.165) is 5.56 Å². The number of hydrogen-bond acceptors (Lipinski definition) is 6. The van der Waals surface area contributed by atoms with Crippen molar-refractivity contribution in [2.75, 3.05) is 0 Å². The maximum atomic E-state index is 13.1. The van der Waals surface area contributed by atoms with Crippen molar-refractivity contribution in [3.63, 3.8) is 0 Å². The van der Waals surface area contributed by atoms with Crippen LogP contribution in [0.5, 0.6) is 0 Å². The smallest absolute Gasteiger partial charge is 0.271 e. The summed E-state index contributed by atoms with van der Waals surface area (Å²) >= 11 is 0. The SMILES string of the molecule is CC(C)c1noc(-c2ccc(-n3cnc(C(=O)N[C@@H](C)c4ccc(F)cc4)c3)nc2)n1. The summed E-state index contributed by atoms with van der Waals surface area (Å²) in [6.45, 7) is 5.80. The molecule has 0 aliphatic heterocycles. The van der Waals surface area contributed by atoms with Gasteiger partial charge in [0.05, 0.1) is 11.6 Å². The van der Waals surface area contributed by atoms with E-state index in [4.69, 9.17) is 4.52 Å². The first-order valence-electron chi connectivity index (χ1n) is 9.81. The maximum Gasteiger partial charge on any atom is 0.271 e. The molecule has 0 aliphatic rings. The molecule has 1 atom stereocenters. The van der Waals surface area contributed by atoms with Crippen LogP contribution in [0.25, 0.3) is 17.3 Å². The number of carbonyl (C=O) groups excluding carboxylic acids is 1. The van der Waals surface area contributed by atoms with E-state index in [0.29, 0.717) is 23.1 Å². The molecule has 1 aromatic carbocycles. The fraction of sp³-hybridized carbons (Fsp3) is 0.227. The Morgan fingerprint density at radius 1 is 1.10 bits per heavy atom. The van der Waals surface area contributed by atoms with Gasteiger partial charge in [-0.2, -0.15) is 4.98 Å². The van der Waals surface area contributed by atoms with Crippen molar-refractivity contribution in [2.45, 2.75) is 32.7 Å². The van der Waals surface area contributed by atoms with E-state index in [9.17, 15) is 9.18 Å². The molecule has 0 fully saturated rings. The molecule has 0 saturated carbocycles. The molecule has 0 spiro atoms. The van der Waals surface area contributed by atoms with E-state index < -0.39 is 0 Å². The van der Waals surface area contributed by atoms with Gasteiger partial charge in [0.25, 0.3) is 11.8 Å². The number of pyridine rings is 1. The van der Waals surface area contributed by atoms with Crippen molar-refractivity contribution in [2.24, 2.45) is 0 Å². The summed E-state index contributed by atoms with van der Waals surface area (Å²) in [6, 6.07) is 9.30. The molecule has 158 valence electrons. The summed E-state index contributed by atoms with van der Waals surface area (Å²) in [4.78, 5) is 25.4. The summed E-state index contributed by atoms with van der Waals surface area (Å²) in [5, 5.41) is 6.81. The number of nitrogens with one attached hydrogen (secondary N) is 1. The second kappa shape index (κ2) is 8.47. The number of rotatable bonds is 6. The number of halogens is 1. The van der Waals surface area contributed by atoms with Crippen LogP contribution in [0.2, 0.25) is 0 Å². The molecule has 8 nitrogen and oxygen atoms in total. The molecule has 0 aliphatic carbocycles. The Labute approximate surface area is 178 Å². The Balaban J connectivity index is 1.45. The number of hydrogen-bond donors (Lipinski definition) is 1. The van der Waals surface area contributed by atoms with Crippen molar-refractivity contribution >= 4 is 5.91 Å². The first kappa shape index (κ1) is 20.4. The molecule has 3 aromatic heterocycles. The Morgan fingerprint density at radius 3 is 2.52 bits per heavy atom. The standard InChI is InChI=1S/C22H21FN6O2/c1-13(2)20-27-22(31-28-20)16-6-9-19(24-10-16)29-11-18(25-12-29)21(30)26-14(3)15-4-7-17(23)8-5-15/h4-14H,1-3H3,(H,26,30)/t14-/m0/s1. The monoisotopic (exact) mass is 420 g/mol. The summed E-state index contributed by atoms with van der Waals surface area (Å²) in [7, 11) is 0. The lowest BCUT2D eigenvalue weighted by Crippen LogP contribution is -2.26. The molecule has 0 bridgehead atoms. The molecular formula is C22H21FN6O2. The van der Waals surface area contributed by atoms with Crippen LogP contribution in [0, 0.1) is 5.82 Å². The van der Waals surface area contributed by atoms with E-state index in [1.54, 1.807) is 35.2 Å². The van der Waals surface area contributed by atoms with Gasteiger partial charge in [0.2, 0.25) is 0 Å². The van der Waals surface area contributed by atoms with Crippen LogP contribution >= 0.6 is 0 Å². The van der Waals surface area contributed by atoms with Crippen molar-refractivity contribution in [1.82, 2.24) is 30.0 Å². The third-order valence-corrected chi connectivity index (χ3v) is 4.75. The van der Waals surface area contributed by atoms with Crippen LogP contribution in [0.15, 0.2) is 59.6 Å². The van der Waals surface area contributed by atoms with Gasteiger partial charge in [-0.3, -0.25) is 9.36 Å². The molecule has 4 aromatic rings. The highest BCUT2D eigenvalue weighted by Gasteiger charge is 2.15. The number of aromatic nitrogens is 5. The minimum Gasteiger partial charge on any atom is -0.344 e. The highest BCUT2D eigenvalue weighted by molar-refractivity contribution is 5.92. The molecule has 4 rings (SSSR count). The van der Waals surface area contributed by atoms with Gasteiger partial charge in [-0.15, -0.1) is 0 Å². The molecule has 1 N–H and O–H groups in total. The van der Waals surface area contributed by atoms with Crippen molar-refractivity contribution in [3.05, 3.63) is 78.0 Å². The molecule has 1 amide bonds. The molecule has 3 heterocycles. The number of imidazole rings is 1. The number of carbonyl (C=O) groups is 1. The molecule has 9 heteroatoms.